The number of hydrogen-bond acceptors (Lipinski definition) is 2. The first kappa shape index (κ1) is 13.5. The van der Waals surface area contributed by atoms with Crippen LogP contribution in [0.25, 0.3) is 0 Å². The Morgan fingerprint density at radius 1 is 1.00 bits per heavy atom. The van der Waals surface area contributed by atoms with Crippen molar-refractivity contribution in [3.8, 4) is 5.75 Å². The fourth-order valence-electron chi connectivity index (χ4n) is 4.08. The molecule has 0 amide bonds. The smallest absolute Gasteiger partial charge is 0.314 e. The molecule has 3 rings (SSSR count). The predicted molar refractivity (Wildman–Crippen MR) is 77.4 cm³/mol. The quantitative estimate of drug-likeness (QED) is 0.869. The standard InChI is InChI=1S/C17H22O3/c1-10-12-6-3-4-7-13(12)11(2)15(18)14(10)17(16(19)20)8-5-9-17/h18H,3-9H2,1-2H3,(H,19,20). The minimum atomic E-state index is -0.842. The van der Waals surface area contributed by atoms with E-state index in [1.807, 2.05) is 13.8 Å². The van der Waals surface area contributed by atoms with E-state index in [0.29, 0.717) is 18.4 Å². The first-order chi connectivity index (χ1) is 9.49. The molecular weight excluding hydrogens is 252 g/mol. The fourth-order valence-corrected chi connectivity index (χ4v) is 4.08. The van der Waals surface area contributed by atoms with Gasteiger partial charge in [-0.1, -0.05) is 6.42 Å². The Bertz CT molecular complexity index is 583. The van der Waals surface area contributed by atoms with Crippen LogP contribution in [0.3, 0.4) is 0 Å². The van der Waals surface area contributed by atoms with Crippen LogP contribution in [0.4, 0.5) is 0 Å². The van der Waals surface area contributed by atoms with Crippen molar-refractivity contribution in [1.82, 2.24) is 0 Å². The molecule has 0 aromatic heterocycles. The molecule has 3 nitrogen and oxygen atoms in total. The van der Waals surface area contributed by atoms with Crippen molar-refractivity contribution >= 4 is 5.97 Å². The summed E-state index contributed by atoms with van der Waals surface area (Å²) in [6.07, 6.45) is 6.58. The maximum Gasteiger partial charge on any atom is 0.314 e. The molecule has 0 unspecified atom stereocenters. The van der Waals surface area contributed by atoms with Crippen LogP contribution in [-0.2, 0) is 23.1 Å². The highest BCUT2D eigenvalue weighted by Gasteiger charge is 2.49. The molecule has 1 saturated carbocycles. The Balaban J connectivity index is 2.26. The lowest BCUT2D eigenvalue weighted by molar-refractivity contribution is -0.147. The van der Waals surface area contributed by atoms with E-state index >= 15 is 0 Å². The number of carboxylic acid groups (broad SMARTS) is 1. The second-order valence-electron chi connectivity index (χ2n) is 6.38. The zero-order valence-electron chi connectivity index (χ0n) is 12.3. The third-order valence-electron chi connectivity index (χ3n) is 5.44. The third kappa shape index (κ3) is 1.62. The van der Waals surface area contributed by atoms with Gasteiger partial charge in [-0.3, -0.25) is 4.79 Å². The second-order valence-corrected chi connectivity index (χ2v) is 6.38. The molecule has 108 valence electrons. The number of benzene rings is 1. The number of carbonyl (C=O) groups is 1. The van der Waals surface area contributed by atoms with Gasteiger partial charge in [0.2, 0.25) is 0 Å². The van der Waals surface area contributed by atoms with Crippen LogP contribution >= 0.6 is 0 Å². The van der Waals surface area contributed by atoms with Gasteiger partial charge in [-0.15, -0.1) is 0 Å². The van der Waals surface area contributed by atoms with Gasteiger partial charge >= 0.3 is 5.97 Å². The highest BCUT2D eigenvalue weighted by molar-refractivity contribution is 5.85. The number of fused-ring (bicyclic) bond motifs is 1. The van der Waals surface area contributed by atoms with Crippen molar-refractivity contribution < 1.29 is 15.0 Å². The molecule has 0 bridgehead atoms. The topological polar surface area (TPSA) is 57.5 Å². The van der Waals surface area contributed by atoms with E-state index in [0.717, 1.165) is 43.2 Å². The average molecular weight is 274 g/mol. The highest BCUT2D eigenvalue weighted by atomic mass is 16.4. The summed E-state index contributed by atoms with van der Waals surface area (Å²) >= 11 is 0. The summed E-state index contributed by atoms with van der Waals surface area (Å²) in [6.45, 7) is 3.94. The fraction of sp³-hybridized carbons (Fsp3) is 0.588. The maximum absolute atomic E-state index is 11.8. The van der Waals surface area contributed by atoms with Crippen LogP contribution in [0.1, 0.15) is 59.9 Å². The van der Waals surface area contributed by atoms with Gasteiger partial charge in [0.25, 0.3) is 0 Å². The molecule has 2 aliphatic rings. The zero-order valence-corrected chi connectivity index (χ0v) is 12.3. The van der Waals surface area contributed by atoms with Crippen molar-refractivity contribution in [2.45, 2.75) is 64.2 Å². The number of carboxylic acids is 1. The first-order valence-corrected chi connectivity index (χ1v) is 7.57. The summed E-state index contributed by atoms with van der Waals surface area (Å²) in [6, 6.07) is 0. The first-order valence-electron chi connectivity index (χ1n) is 7.57. The number of aliphatic carboxylic acids is 1. The minimum absolute atomic E-state index is 0.241. The SMILES string of the molecule is Cc1c(O)c(C2(C(=O)O)CCC2)c(C)c2c1CCCC2. The number of phenolic OH excluding ortho intramolecular Hbond substituents is 1. The Morgan fingerprint density at radius 2 is 1.55 bits per heavy atom. The molecule has 1 aromatic rings. The largest absolute Gasteiger partial charge is 0.507 e. The molecule has 2 N–H and O–H groups in total. The molecule has 3 heteroatoms. The molecule has 0 heterocycles. The van der Waals surface area contributed by atoms with E-state index in [4.69, 9.17) is 0 Å². The summed E-state index contributed by atoms with van der Waals surface area (Å²) in [5.41, 5.74) is 4.36. The Labute approximate surface area is 119 Å². The van der Waals surface area contributed by atoms with Gasteiger partial charge in [0.15, 0.2) is 0 Å². The molecule has 0 saturated heterocycles. The number of phenols is 1. The average Bonchev–Trinajstić information content (AvgIpc) is 2.38. The monoisotopic (exact) mass is 274 g/mol. The van der Waals surface area contributed by atoms with Crippen molar-refractivity contribution in [3.63, 3.8) is 0 Å². The Kier molecular flexibility index (Phi) is 3.03. The highest BCUT2D eigenvalue weighted by Crippen LogP contribution is 2.51. The van der Waals surface area contributed by atoms with E-state index in [2.05, 4.69) is 0 Å². The summed E-state index contributed by atoms with van der Waals surface area (Å²) in [7, 11) is 0. The summed E-state index contributed by atoms with van der Waals surface area (Å²) in [5, 5.41) is 20.3. The molecule has 0 aliphatic heterocycles. The Morgan fingerprint density at radius 3 is 2.00 bits per heavy atom. The number of aromatic hydroxyl groups is 1. The van der Waals surface area contributed by atoms with E-state index in [1.165, 1.54) is 11.1 Å². The maximum atomic E-state index is 11.8. The molecule has 1 aromatic carbocycles. The van der Waals surface area contributed by atoms with Crippen LogP contribution < -0.4 is 0 Å². The van der Waals surface area contributed by atoms with E-state index in [9.17, 15) is 15.0 Å². The van der Waals surface area contributed by atoms with E-state index in [-0.39, 0.29) is 5.75 Å². The molecule has 0 atom stereocenters. The number of hydrogen-bond donors (Lipinski definition) is 2. The van der Waals surface area contributed by atoms with Gasteiger partial charge in [-0.05, 0) is 74.6 Å². The van der Waals surface area contributed by atoms with Crippen molar-refractivity contribution in [2.75, 3.05) is 0 Å². The summed E-state index contributed by atoms with van der Waals surface area (Å²) < 4.78 is 0. The third-order valence-corrected chi connectivity index (χ3v) is 5.44. The van der Waals surface area contributed by atoms with Gasteiger partial charge < -0.3 is 10.2 Å². The van der Waals surface area contributed by atoms with Gasteiger partial charge in [-0.2, -0.15) is 0 Å². The van der Waals surface area contributed by atoms with Crippen molar-refractivity contribution in [1.29, 1.82) is 0 Å². The van der Waals surface area contributed by atoms with Crippen LogP contribution in [0.5, 0.6) is 5.75 Å². The van der Waals surface area contributed by atoms with Crippen molar-refractivity contribution in [3.05, 3.63) is 27.8 Å². The van der Waals surface area contributed by atoms with Gasteiger partial charge in [0, 0.05) is 5.56 Å². The van der Waals surface area contributed by atoms with Crippen LogP contribution in [-0.4, -0.2) is 16.2 Å². The van der Waals surface area contributed by atoms with Crippen molar-refractivity contribution in [2.24, 2.45) is 0 Å². The second kappa shape index (κ2) is 4.51. The number of rotatable bonds is 2. The lowest BCUT2D eigenvalue weighted by Gasteiger charge is -2.41. The van der Waals surface area contributed by atoms with Gasteiger partial charge in [0.1, 0.15) is 5.75 Å². The molecule has 2 aliphatic carbocycles. The van der Waals surface area contributed by atoms with Crippen LogP contribution in [0, 0.1) is 13.8 Å². The molecule has 0 radical (unpaired) electrons. The predicted octanol–water partition coefficient (Wildman–Crippen LogP) is 3.39. The van der Waals surface area contributed by atoms with Gasteiger partial charge in [-0.25, -0.2) is 0 Å². The van der Waals surface area contributed by atoms with Crippen LogP contribution in [0.2, 0.25) is 0 Å². The van der Waals surface area contributed by atoms with Crippen LogP contribution in [0.15, 0.2) is 0 Å². The molecular formula is C17H22O3. The van der Waals surface area contributed by atoms with E-state index in [1.54, 1.807) is 0 Å². The molecule has 0 spiro atoms. The molecule has 20 heavy (non-hydrogen) atoms. The minimum Gasteiger partial charge on any atom is -0.507 e. The van der Waals surface area contributed by atoms with Gasteiger partial charge in [0.05, 0.1) is 5.41 Å². The lowest BCUT2D eigenvalue weighted by atomic mass is 9.61. The lowest BCUT2D eigenvalue weighted by Crippen LogP contribution is -2.43. The Hall–Kier alpha value is -1.51. The summed E-state index contributed by atoms with van der Waals surface area (Å²) in [4.78, 5) is 11.8. The summed E-state index contributed by atoms with van der Waals surface area (Å²) in [5.74, 6) is -0.539. The van der Waals surface area contributed by atoms with E-state index < -0.39 is 11.4 Å². The normalized spacial score (nSPS) is 20.1. The zero-order chi connectivity index (χ0) is 14.5. The molecule has 1 fully saturated rings.